The lowest BCUT2D eigenvalue weighted by Gasteiger charge is -2.24. The minimum atomic E-state index is -0.755. The smallest absolute Gasteiger partial charge is 0.163 e. The van der Waals surface area contributed by atoms with E-state index in [0.29, 0.717) is 5.56 Å². The Kier molecular flexibility index (Phi) is 2.04. The van der Waals surface area contributed by atoms with Gasteiger partial charge in [-0.1, -0.05) is 6.07 Å². The van der Waals surface area contributed by atoms with Crippen LogP contribution in [0.2, 0.25) is 0 Å². The Labute approximate surface area is 75.8 Å². The molecule has 0 aliphatic carbocycles. The monoisotopic (exact) mass is 183 g/mol. The maximum atomic E-state index is 13.3. The van der Waals surface area contributed by atoms with E-state index >= 15 is 0 Å². The molecule has 2 rings (SSSR count). The van der Waals surface area contributed by atoms with Crippen molar-refractivity contribution in [3.8, 4) is 0 Å². The fourth-order valence-electron chi connectivity index (χ4n) is 1.82. The maximum absolute atomic E-state index is 13.3. The Morgan fingerprint density at radius 3 is 2.92 bits per heavy atom. The fourth-order valence-corrected chi connectivity index (χ4v) is 1.82. The summed E-state index contributed by atoms with van der Waals surface area (Å²) in [4.78, 5) is 0. The van der Waals surface area contributed by atoms with Gasteiger partial charge in [0.15, 0.2) is 11.6 Å². The number of hydrogen-bond acceptors (Lipinski definition) is 1. The molecular formula is C10H11F2N. The van der Waals surface area contributed by atoms with E-state index in [1.807, 2.05) is 6.92 Å². The molecule has 0 radical (unpaired) electrons. The Balaban J connectivity index is 2.58. The second-order valence-corrected chi connectivity index (χ2v) is 3.36. The van der Waals surface area contributed by atoms with E-state index in [-0.39, 0.29) is 6.04 Å². The summed E-state index contributed by atoms with van der Waals surface area (Å²) < 4.78 is 26.2. The van der Waals surface area contributed by atoms with Gasteiger partial charge in [0.2, 0.25) is 0 Å². The topological polar surface area (TPSA) is 12.0 Å². The van der Waals surface area contributed by atoms with Gasteiger partial charge in [-0.2, -0.15) is 0 Å². The molecule has 1 N–H and O–H groups in total. The minimum absolute atomic E-state index is 0.0838. The molecule has 0 saturated heterocycles. The molecule has 1 aromatic carbocycles. The van der Waals surface area contributed by atoms with Crippen molar-refractivity contribution in [1.82, 2.24) is 5.32 Å². The van der Waals surface area contributed by atoms with Crippen LogP contribution in [-0.4, -0.2) is 6.54 Å². The molecule has 0 bridgehead atoms. The van der Waals surface area contributed by atoms with E-state index in [9.17, 15) is 8.78 Å². The summed E-state index contributed by atoms with van der Waals surface area (Å²) >= 11 is 0. The van der Waals surface area contributed by atoms with Gasteiger partial charge in [-0.15, -0.1) is 0 Å². The third-order valence-corrected chi connectivity index (χ3v) is 2.50. The number of nitrogens with one attached hydrogen (secondary N) is 1. The van der Waals surface area contributed by atoms with E-state index in [0.717, 1.165) is 18.5 Å². The molecule has 70 valence electrons. The molecule has 1 heterocycles. The van der Waals surface area contributed by atoms with Gasteiger partial charge < -0.3 is 5.32 Å². The van der Waals surface area contributed by atoms with Crippen LogP contribution in [0.4, 0.5) is 8.78 Å². The van der Waals surface area contributed by atoms with Crippen molar-refractivity contribution in [2.75, 3.05) is 6.54 Å². The van der Waals surface area contributed by atoms with Crippen LogP contribution in [0.15, 0.2) is 12.1 Å². The van der Waals surface area contributed by atoms with Crippen molar-refractivity contribution in [2.24, 2.45) is 0 Å². The van der Waals surface area contributed by atoms with Crippen molar-refractivity contribution in [2.45, 2.75) is 19.4 Å². The van der Waals surface area contributed by atoms with Gasteiger partial charge >= 0.3 is 0 Å². The number of fused-ring (bicyclic) bond motifs is 1. The first-order valence-electron chi connectivity index (χ1n) is 4.40. The maximum Gasteiger partial charge on any atom is 0.163 e. The highest BCUT2D eigenvalue weighted by Crippen LogP contribution is 2.26. The van der Waals surface area contributed by atoms with E-state index < -0.39 is 11.6 Å². The van der Waals surface area contributed by atoms with Crippen LogP contribution in [0.25, 0.3) is 0 Å². The Morgan fingerprint density at radius 1 is 1.38 bits per heavy atom. The summed E-state index contributed by atoms with van der Waals surface area (Å²) in [5.41, 5.74) is 1.41. The third-order valence-electron chi connectivity index (χ3n) is 2.50. The highest BCUT2D eigenvalue weighted by Gasteiger charge is 2.21. The number of hydrogen-bond donors (Lipinski definition) is 1. The lowest BCUT2D eigenvalue weighted by molar-refractivity contribution is 0.455. The van der Waals surface area contributed by atoms with Crippen LogP contribution in [-0.2, 0) is 6.42 Å². The zero-order valence-corrected chi connectivity index (χ0v) is 7.40. The lowest BCUT2D eigenvalue weighted by Crippen LogP contribution is -2.29. The van der Waals surface area contributed by atoms with Crippen LogP contribution < -0.4 is 5.32 Å². The second kappa shape index (κ2) is 3.07. The fraction of sp³-hybridized carbons (Fsp3) is 0.400. The van der Waals surface area contributed by atoms with Crippen molar-refractivity contribution >= 4 is 0 Å². The molecule has 1 unspecified atom stereocenters. The van der Waals surface area contributed by atoms with Crippen molar-refractivity contribution in [1.29, 1.82) is 0 Å². The first kappa shape index (κ1) is 8.63. The normalized spacial score (nSPS) is 21.3. The summed E-state index contributed by atoms with van der Waals surface area (Å²) in [5, 5.41) is 3.10. The molecule has 0 aromatic heterocycles. The molecule has 1 aliphatic heterocycles. The number of benzene rings is 1. The number of halogens is 2. The second-order valence-electron chi connectivity index (χ2n) is 3.36. The molecule has 0 spiro atoms. The number of rotatable bonds is 0. The van der Waals surface area contributed by atoms with Gasteiger partial charge in [0.25, 0.3) is 0 Å². The first-order valence-corrected chi connectivity index (χ1v) is 4.40. The Hall–Kier alpha value is -0.960. The van der Waals surface area contributed by atoms with Gasteiger partial charge in [0.1, 0.15) is 0 Å². The SMILES string of the molecule is CC1NCCc2ccc(F)c(F)c21. The molecule has 0 saturated carbocycles. The molecule has 13 heavy (non-hydrogen) atoms. The zero-order chi connectivity index (χ0) is 9.42. The van der Waals surface area contributed by atoms with Crippen LogP contribution >= 0.6 is 0 Å². The highest BCUT2D eigenvalue weighted by molar-refractivity contribution is 5.34. The van der Waals surface area contributed by atoms with Gasteiger partial charge in [-0.25, -0.2) is 8.78 Å². The average Bonchev–Trinajstić information content (AvgIpc) is 2.12. The first-order chi connectivity index (χ1) is 6.20. The molecular weight excluding hydrogens is 172 g/mol. The molecule has 0 fully saturated rings. The summed E-state index contributed by atoms with van der Waals surface area (Å²) in [6.45, 7) is 2.68. The van der Waals surface area contributed by atoms with Gasteiger partial charge in [0.05, 0.1) is 0 Å². The molecule has 1 aliphatic rings. The van der Waals surface area contributed by atoms with E-state index in [1.54, 1.807) is 6.07 Å². The molecule has 1 nitrogen and oxygen atoms in total. The third kappa shape index (κ3) is 1.33. The van der Waals surface area contributed by atoms with E-state index in [1.165, 1.54) is 6.07 Å². The summed E-state index contributed by atoms with van der Waals surface area (Å²) in [5.74, 6) is -1.45. The van der Waals surface area contributed by atoms with Crippen LogP contribution in [0.5, 0.6) is 0 Å². The van der Waals surface area contributed by atoms with Gasteiger partial charge in [-0.3, -0.25) is 0 Å². The van der Waals surface area contributed by atoms with E-state index in [2.05, 4.69) is 5.32 Å². The van der Waals surface area contributed by atoms with Crippen molar-refractivity contribution in [3.05, 3.63) is 34.9 Å². The predicted molar refractivity (Wildman–Crippen MR) is 46.5 cm³/mol. The largest absolute Gasteiger partial charge is 0.310 e. The lowest BCUT2D eigenvalue weighted by atomic mass is 9.95. The molecule has 1 atom stereocenters. The van der Waals surface area contributed by atoms with Crippen molar-refractivity contribution in [3.63, 3.8) is 0 Å². The summed E-state index contributed by atoms with van der Waals surface area (Å²) in [6.07, 6.45) is 0.775. The van der Waals surface area contributed by atoms with Crippen molar-refractivity contribution < 1.29 is 8.78 Å². The molecule has 1 aromatic rings. The average molecular weight is 183 g/mol. The quantitative estimate of drug-likeness (QED) is 0.650. The summed E-state index contributed by atoms with van der Waals surface area (Å²) in [6, 6.07) is 2.79. The van der Waals surface area contributed by atoms with E-state index in [4.69, 9.17) is 0 Å². The van der Waals surface area contributed by atoms with Crippen LogP contribution in [0, 0.1) is 11.6 Å². The summed E-state index contributed by atoms with van der Waals surface area (Å²) in [7, 11) is 0. The highest BCUT2D eigenvalue weighted by atomic mass is 19.2. The van der Waals surface area contributed by atoms with Gasteiger partial charge in [-0.05, 0) is 31.5 Å². The van der Waals surface area contributed by atoms with Crippen LogP contribution in [0.1, 0.15) is 24.1 Å². The molecule has 3 heteroatoms. The Morgan fingerprint density at radius 2 is 2.15 bits per heavy atom. The minimum Gasteiger partial charge on any atom is -0.310 e. The van der Waals surface area contributed by atoms with Crippen LogP contribution in [0.3, 0.4) is 0 Å². The predicted octanol–water partition coefficient (Wildman–Crippen LogP) is 2.17. The zero-order valence-electron chi connectivity index (χ0n) is 7.40. The Bertz CT molecular complexity index is 336. The van der Waals surface area contributed by atoms with Gasteiger partial charge in [0, 0.05) is 11.6 Å². The standard InChI is InChI=1S/C10H11F2N/c1-6-9-7(4-5-13-6)2-3-8(11)10(9)12/h2-3,6,13H,4-5H2,1H3. The molecule has 0 amide bonds.